The molecule has 0 aromatic rings. The van der Waals surface area contributed by atoms with Crippen LogP contribution in [0, 0.1) is 50.2 Å². The van der Waals surface area contributed by atoms with Crippen molar-refractivity contribution in [3.8, 4) is 0 Å². The van der Waals surface area contributed by atoms with Crippen LogP contribution in [-0.2, 0) is 47.5 Å². The minimum atomic E-state index is -2.03. The Balaban J connectivity index is 0.992. The lowest BCUT2D eigenvalue weighted by atomic mass is 9.33. The van der Waals surface area contributed by atoms with Crippen LogP contribution in [0.1, 0.15) is 106 Å². The molecule has 0 aromatic carbocycles. The molecular formula is C54H86O25. The number of hydrogen-bond acceptors (Lipinski definition) is 24. The fraction of sp³-hybridized carbons (Fsp3) is 0.926. The molecule has 29 atom stereocenters. The number of carbonyl (C=O) groups excluding carboxylic acids is 1. The number of ether oxygens (including phenoxy) is 8. The van der Waals surface area contributed by atoms with E-state index in [4.69, 9.17) is 37.9 Å². The topological polar surface area (TPSA) is 411 Å². The quantitative estimate of drug-likeness (QED) is 0.0497. The Kier molecular flexibility index (Phi) is 17.4. The third-order valence-electron chi connectivity index (χ3n) is 21.5. The largest absolute Gasteiger partial charge is 0.481 e. The standard InChI is InChI=1S/C54H86O25/c1-49(2)13-15-54(48(71)79-46-41(68)42(78-45-40(67)37(64)33(60)26(20-57)75-45)34(61)27(76-46)21-72-43-38(65)35(62)31(58)24(18-55)73-43)16-14-51(4)22(23(54)17-49)7-8-28-50(3)11-10-30(53(6,47(69)70)29(50)9-12-52(28,51)5)77-44-39(66)36(63)32(59)25(19-56)74-44/h7,23-46,55-68H,8-21H2,1-6H3,(H,69,70)/t23?,24-,25-,26-,27-,28?,29?,30?,31-,32-,33-,34-,35+,36+,37+,38-,39-,40-,41-,42+,43-,44+,45+,46+,50?,51?,52?,53?,54?/m1/s1. The van der Waals surface area contributed by atoms with Gasteiger partial charge in [-0.2, -0.15) is 0 Å². The number of carboxylic acid groups (broad SMARTS) is 1. The molecule has 5 aliphatic carbocycles. The van der Waals surface area contributed by atoms with Gasteiger partial charge in [-0.05, 0) is 111 Å². The van der Waals surface area contributed by atoms with Gasteiger partial charge in [-0.1, -0.05) is 46.3 Å². The molecule has 9 rings (SSSR count). The van der Waals surface area contributed by atoms with Crippen LogP contribution in [0.25, 0.3) is 0 Å². The molecule has 4 aliphatic heterocycles. The SMILES string of the molecule is CC1(C)CCC2(C(=O)O[C@@H]3O[C@H](CO[C@@H]4O[C@H](CO)[C@@H](O)[C@H](O)[C@H]4O)[C@@H](O)[C@H](O[C@@H]4O[C@H](CO)[C@@H](O)[C@H](O)[C@H]4O)[C@H]3O)CCC3(C)C(=CCC4C5(C)CCC(O[C@@H]6O[C@H](CO)[C@@H](O)[C@H](O)[C@H]6O)C(C)(C(=O)O)C5CCC43C)C2C1. The minimum absolute atomic E-state index is 0.0459. The molecule has 0 aromatic heterocycles. The van der Waals surface area contributed by atoms with Crippen LogP contribution in [0.4, 0.5) is 0 Å². The fourth-order valence-electron chi connectivity index (χ4n) is 16.4. The summed E-state index contributed by atoms with van der Waals surface area (Å²) in [5, 5.41) is 160. The normalized spacial score (nSPS) is 53.5. The van der Waals surface area contributed by atoms with Gasteiger partial charge in [-0.3, -0.25) is 9.59 Å². The van der Waals surface area contributed by atoms with Gasteiger partial charge < -0.3 is 114 Å². The van der Waals surface area contributed by atoms with E-state index in [1.54, 1.807) is 6.92 Å². The predicted molar refractivity (Wildman–Crippen MR) is 265 cm³/mol. The molecule has 15 N–H and O–H groups in total. The highest BCUT2D eigenvalue weighted by Gasteiger charge is 2.72. The summed E-state index contributed by atoms with van der Waals surface area (Å²) in [5.74, 6) is -2.67. The number of fused-ring (bicyclic) bond motifs is 7. The lowest BCUT2D eigenvalue weighted by Gasteiger charge is -2.71. The molecule has 0 bridgehead atoms. The molecule has 25 heteroatoms. The number of carbonyl (C=O) groups is 2. The Morgan fingerprint density at radius 3 is 1.63 bits per heavy atom. The van der Waals surface area contributed by atoms with E-state index in [1.165, 1.54) is 0 Å². The molecule has 8 fully saturated rings. The van der Waals surface area contributed by atoms with Crippen molar-refractivity contribution in [3.05, 3.63) is 11.6 Å². The highest BCUT2D eigenvalue weighted by molar-refractivity contribution is 5.79. The molecular weight excluding hydrogens is 1050 g/mol. The molecule has 4 saturated heterocycles. The maximum atomic E-state index is 15.5. The van der Waals surface area contributed by atoms with Crippen LogP contribution >= 0.6 is 0 Å². The zero-order valence-electron chi connectivity index (χ0n) is 45.6. The number of esters is 1. The van der Waals surface area contributed by atoms with Crippen molar-refractivity contribution in [1.29, 1.82) is 0 Å². The highest BCUT2D eigenvalue weighted by atomic mass is 16.8. The number of hydrogen-bond donors (Lipinski definition) is 15. The number of allylic oxidation sites excluding steroid dienone is 2. The van der Waals surface area contributed by atoms with E-state index in [9.17, 15) is 81.4 Å². The van der Waals surface area contributed by atoms with Crippen LogP contribution < -0.4 is 0 Å². The predicted octanol–water partition coefficient (Wildman–Crippen LogP) is -2.97. The summed E-state index contributed by atoms with van der Waals surface area (Å²) < 4.78 is 47.2. The van der Waals surface area contributed by atoms with Crippen LogP contribution in [0.3, 0.4) is 0 Å². The van der Waals surface area contributed by atoms with Gasteiger partial charge >= 0.3 is 11.9 Å². The maximum absolute atomic E-state index is 15.5. The summed E-state index contributed by atoms with van der Waals surface area (Å²) in [6.07, 6.45) is -28.5. The third-order valence-corrected chi connectivity index (χ3v) is 21.5. The lowest BCUT2D eigenvalue weighted by molar-refractivity contribution is -0.363. The Morgan fingerprint density at radius 1 is 0.557 bits per heavy atom. The summed E-state index contributed by atoms with van der Waals surface area (Å²) in [6, 6.07) is 0. The van der Waals surface area contributed by atoms with Gasteiger partial charge in [0.2, 0.25) is 6.29 Å². The number of rotatable bonds is 13. The first-order chi connectivity index (χ1) is 37.0. The molecule has 452 valence electrons. The van der Waals surface area contributed by atoms with Gasteiger partial charge in [0.1, 0.15) is 97.7 Å². The second-order valence-electron chi connectivity index (χ2n) is 26.1. The number of aliphatic hydroxyl groups excluding tert-OH is 14. The molecule has 0 spiro atoms. The average Bonchev–Trinajstić information content (AvgIpc) is 2.92. The Morgan fingerprint density at radius 2 is 1.08 bits per heavy atom. The molecule has 4 saturated carbocycles. The van der Waals surface area contributed by atoms with E-state index in [0.29, 0.717) is 57.8 Å². The van der Waals surface area contributed by atoms with Gasteiger partial charge in [0.05, 0.1) is 43.4 Å². The molecule has 79 heavy (non-hydrogen) atoms. The van der Waals surface area contributed by atoms with Gasteiger partial charge in [0.15, 0.2) is 18.9 Å². The van der Waals surface area contributed by atoms with Crippen molar-refractivity contribution in [2.24, 2.45) is 50.2 Å². The minimum Gasteiger partial charge on any atom is -0.481 e. The zero-order valence-corrected chi connectivity index (χ0v) is 45.6. The first-order valence-corrected chi connectivity index (χ1v) is 28.0. The summed E-state index contributed by atoms with van der Waals surface area (Å²) in [5.41, 5.74) is -3.34. The molecule has 4 heterocycles. The Labute approximate surface area is 457 Å². The summed E-state index contributed by atoms with van der Waals surface area (Å²) in [4.78, 5) is 29.2. The van der Waals surface area contributed by atoms with Crippen molar-refractivity contribution in [1.82, 2.24) is 0 Å². The Hall–Kier alpha value is -2.16. The number of aliphatic carboxylic acids is 1. The smallest absolute Gasteiger partial charge is 0.315 e. The van der Waals surface area contributed by atoms with Gasteiger partial charge in [0.25, 0.3) is 0 Å². The van der Waals surface area contributed by atoms with Crippen LogP contribution in [-0.4, -0.2) is 244 Å². The van der Waals surface area contributed by atoms with E-state index < -0.39 is 206 Å². The molecule has 25 nitrogen and oxygen atoms in total. The van der Waals surface area contributed by atoms with Gasteiger partial charge in [0, 0.05) is 0 Å². The van der Waals surface area contributed by atoms with Gasteiger partial charge in [-0.25, -0.2) is 0 Å². The number of carboxylic acids is 1. The zero-order chi connectivity index (χ0) is 57.9. The number of aliphatic hydroxyl groups is 14. The fourth-order valence-corrected chi connectivity index (χ4v) is 16.4. The molecule has 0 radical (unpaired) electrons. The highest BCUT2D eigenvalue weighted by Crippen LogP contribution is 2.76. The van der Waals surface area contributed by atoms with E-state index >= 15 is 4.79 Å². The summed E-state index contributed by atoms with van der Waals surface area (Å²) in [6.45, 7) is 9.63. The van der Waals surface area contributed by atoms with E-state index in [-0.39, 0.29) is 17.8 Å². The summed E-state index contributed by atoms with van der Waals surface area (Å²) in [7, 11) is 0. The average molecular weight is 1140 g/mol. The second kappa shape index (κ2) is 22.4. The van der Waals surface area contributed by atoms with Crippen molar-refractivity contribution in [2.75, 3.05) is 26.4 Å². The molecule has 9 unspecified atom stereocenters. The lowest BCUT2D eigenvalue weighted by Crippen LogP contribution is -2.68. The monoisotopic (exact) mass is 1130 g/mol. The van der Waals surface area contributed by atoms with Crippen LogP contribution in [0.15, 0.2) is 11.6 Å². The van der Waals surface area contributed by atoms with Crippen molar-refractivity contribution in [2.45, 2.75) is 235 Å². The molecule has 0 amide bonds. The third kappa shape index (κ3) is 9.95. The van der Waals surface area contributed by atoms with E-state index in [2.05, 4.69) is 40.7 Å². The van der Waals surface area contributed by atoms with Crippen molar-refractivity contribution in [3.63, 3.8) is 0 Å². The summed E-state index contributed by atoms with van der Waals surface area (Å²) >= 11 is 0. The van der Waals surface area contributed by atoms with Gasteiger partial charge in [-0.15, -0.1) is 0 Å². The molecule has 9 aliphatic rings. The van der Waals surface area contributed by atoms with E-state index in [0.717, 1.165) is 5.57 Å². The Bertz CT molecular complexity index is 2220. The first kappa shape index (κ1) is 61.4. The van der Waals surface area contributed by atoms with Crippen LogP contribution in [0.2, 0.25) is 0 Å². The maximum Gasteiger partial charge on any atom is 0.315 e. The van der Waals surface area contributed by atoms with Crippen molar-refractivity contribution < 1.29 is 124 Å². The van der Waals surface area contributed by atoms with Crippen LogP contribution in [0.5, 0.6) is 0 Å². The second-order valence-corrected chi connectivity index (χ2v) is 26.1. The van der Waals surface area contributed by atoms with Crippen molar-refractivity contribution >= 4 is 11.9 Å². The first-order valence-electron chi connectivity index (χ1n) is 28.0. The van der Waals surface area contributed by atoms with E-state index in [1.807, 2.05) is 0 Å².